The summed E-state index contributed by atoms with van der Waals surface area (Å²) in [5.41, 5.74) is -4.28. The Bertz CT molecular complexity index is 901. The molecule has 0 spiro atoms. The van der Waals surface area contributed by atoms with Crippen LogP contribution < -0.4 is 16.0 Å². The lowest BCUT2D eigenvalue weighted by molar-refractivity contribution is -0.298. The first kappa shape index (κ1) is 36.2. The second-order valence-electron chi connectivity index (χ2n) is 14.3. The Balaban J connectivity index is 2.98. The van der Waals surface area contributed by atoms with Crippen LogP contribution in [0.15, 0.2) is 0 Å². The zero-order valence-electron chi connectivity index (χ0n) is 26.0. The van der Waals surface area contributed by atoms with E-state index in [1.807, 2.05) is 27.7 Å². The fourth-order valence-corrected chi connectivity index (χ4v) is 5.29. The highest BCUT2D eigenvalue weighted by atomic mass is 16.7. The lowest BCUT2D eigenvalue weighted by Gasteiger charge is -2.46. The third-order valence-electron chi connectivity index (χ3n) is 6.97. The Labute approximate surface area is 238 Å². The van der Waals surface area contributed by atoms with Crippen molar-refractivity contribution in [1.29, 1.82) is 0 Å². The second-order valence-corrected chi connectivity index (χ2v) is 14.3. The highest BCUT2D eigenvalue weighted by Crippen LogP contribution is 2.35. The van der Waals surface area contributed by atoms with Gasteiger partial charge in [-0.2, -0.15) is 0 Å². The summed E-state index contributed by atoms with van der Waals surface area (Å²) in [6, 6.07) is -1.10. The molecule has 5 atom stereocenters. The van der Waals surface area contributed by atoms with Crippen LogP contribution in [0.4, 0.5) is 0 Å². The number of hydrogen-bond acceptors (Lipinski definition) is 9. The maximum Gasteiger partial charge on any atom is 0.228 e. The molecule has 0 bridgehead atoms. The molecule has 12 heteroatoms. The zero-order chi connectivity index (χ0) is 31.5. The van der Waals surface area contributed by atoms with Gasteiger partial charge in [-0.25, -0.2) is 0 Å². The van der Waals surface area contributed by atoms with Crippen molar-refractivity contribution in [3.8, 4) is 0 Å². The Morgan fingerprint density at radius 1 is 0.775 bits per heavy atom. The fourth-order valence-electron chi connectivity index (χ4n) is 5.29. The number of ether oxygens (including phenoxy) is 2. The summed E-state index contributed by atoms with van der Waals surface area (Å²) < 4.78 is 11.9. The van der Waals surface area contributed by atoms with E-state index in [-0.39, 0.29) is 24.8 Å². The Morgan fingerprint density at radius 3 is 1.68 bits per heavy atom. The van der Waals surface area contributed by atoms with Crippen LogP contribution in [0.25, 0.3) is 0 Å². The van der Waals surface area contributed by atoms with E-state index >= 15 is 0 Å². The third kappa shape index (κ3) is 10.2. The molecule has 1 aliphatic heterocycles. The first-order chi connectivity index (χ1) is 17.9. The molecule has 1 aliphatic rings. The molecular weight excluding hydrogens is 522 g/mol. The summed E-state index contributed by atoms with van der Waals surface area (Å²) in [5.74, 6) is -1.00. The van der Waals surface area contributed by atoms with Crippen LogP contribution in [-0.4, -0.2) is 98.7 Å². The summed E-state index contributed by atoms with van der Waals surface area (Å²) in [6.45, 7) is 18.2. The molecule has 1 rings (SSSR count). The maximum atomic E-state index is 13.5. The van der Waals surface area contributed by atoms with Gasteiger partial charge in [0.15, 0.2) is 6.29 Å². The minimum atomic E-state index is -1.44. The fraction of sp³-hybridized carbons (Fsp3) is 0.893. The lowest BCUT2D eigenvalue weighted by Crippen LogP contribution is -2.65. The molecule has 0 aromatic rings. The smallest absolute Gasteiger partial charge is 0.228 e. The van der Waals surface area contributed by atoms with Crippen molar-refractivity contribution in [2.45, 2.75) is 136 Å². The van der Waals surface area contributed by atoms with Crippen molar-refractivity contribution >= 4 is 17.7 Å². The molecule has 0 radical (unpaired) electrons. The van der Waals surface area contributed by atoms with Gasteiger partial charge in [0.05, 0.1) is 24.2 Å². The minimum absolute atomic E-state index is 0.210. The van der Waals surface area contributed by atoms with Crippen LogP contribution in [0.2, 0.25) is 0 Å². The van der Waals surface area contributed by atoms with Gasteiger partial charge in [-0.3, -0.25) is 14.4 Å². The molecule has 0 saturated carbocycles. The molecule has 7 N–H and O–H groups in total. The van der Waals surface area contributed by atoms with Crippen molar-refractivity contribution in [2.75, 3.05) is 13.2 Å². The molecule has 3 amide bonds. The van der Waals surface area contributed by atoms with Crippen LogP contribution >= 0.6 is 0 Å². The molecular formula is C28H53N3O9. The number of nitrogens with one attached hydrogen (secondary N) is 3. The van der Waals surface area contributed by atoms with E-state index in [9.17, 15) is 34.8 Å². The van der Waals surface area contributed by atoms with E-state index in [1.54, 1.807) is 41.5 Å². The maximum absolute atomic E-state index is 13.5. The van der Waals surface area contributed by atoms with Gasteiger partial charge in [0.1, 0.15) is 24.4 Å². The minimum Gasteiger partial charge on any atom is -0.395 e. The molecule has 1 heterocycles. The third-order valence-corrected chi connectivity index (χ3v) is 6.97. The number of aliphatic hydroxyl groups is 4. The van der Waals surface area contributed by atoms with E-state index in [1.165, 1.54) is 6.92 Å². The number of hydrogen-bond donors (Lipinski definition) is 7. The topological polar surface area (TPSA) is 187 Å². The summed E-state index contributed by atoms with van der Waals surface area (Å²) >= 11 is 0. The predicted molar refractivity (Wildman–Crippen MR) is 149 cm³/mol. The largest absolute Gasteiger partial charge is 0.395 e. The number of carbonyl (C=O) groups excluding carboxylic acids is 3. The Kier molecular flexibility index (Phi) is 11.8. The van der Waals surface area contributed by atoms with Gasteiger partial charge in [0.25, 0.3) is 0 Å². The lowest BCUT2D eigenvalue weighted by atomic mass is 9.79. The van der Waals surface area contributed by atoms with E-state index in [2.05, 4.69) is 16.0 Å². The van der Waals surface area contributed by atoms with Crippen LogP contribution in [0.1, 0.15) is 89.0 Å². The van der Waals surface area contributed by atoms with Gasteiger partial charge >= 0.3 is 0 Å². The van der Waals surface area contributed by atoms with E-state index in [0.717, 1.165) is 0 Å². The van der Waals surface area contributed by atoms with Crippen molar-refractivity contribution in [2.24, 2.45) is 10.8 Å². The molecule has 12 nitrogen and oxygen atoms in total. The SMILES string of the molecule is CC(=O)NC1C(OC(C)(C)CC(C)(C)C(=O)NC(C)(C)CC(C)(C)NC(=O)C(C)(C)CO)OC(CO)C(O)C1O. The van der Waals surface area contributed by atoms with E-state index < -0.39 is 70.7 Å². The number of aliphatic hydroxyl groups excluding tert-OH is 4. The molecule has 1 fully saturated rings. The summed E-state index contributed by atoms with van der Waals surface area (Å²) in [5, 5.41) is 48.5. The highest BCUT2D eigenvalue weighted by molar-refractivity contribution is 5.83. The molecule has 0 aliphatic carbocycles. The van der Waals surface area contributed by atoms with Crippen molar-refractivity contribution in [1.82, 2.24) is 16.0 Å². The molecule has 5 unspecified atom stereocenters. The van der Waals surface area contributed by atoms with Crippen LogP contribution in [0, 0.1) is 10.8 Å². The van der Waals surface area contributed by atoms with Crippen molar-refractivity contribution < 1.29 is 44.3 Å². The monoisotopic (exact) mass is 575 g/mol. The van der Waals surface area contributed by atoms with Gasteiger partial charge in [0, 0.05) is 23.4 Å². The Hall–Kier alpha value is -1.83. The molecule has 234 valence electrons. The second kappa shape index (κ2) is 13.0. The molecule has 1 saturated heterocycles. The average molecular weight is 576 g/mol. The number of amides is 3. The summed E-state index contributed by atoms with van der Waals surface area (Å²) in [6.07, 6.45) is -4.58. The zero-order valence-corrected chi connectivity index (χ0v) is 26.0. The quantitative estimate of drug-likeness (QED) is 0.163. The molecule has 40 heavy (non-hydrogen) atoms. The van der Waals surface area contributed by atoms with Gasteiger partial charge in [-0.15, -0.1) is 0 Å². The number of rotatable bonds is 13. The average Bonchev–Trinajstić information content (AvgIpc) is 2.75. The van der Waals surface area contributed by atoms with E-state index in [0.29, 0.717) is 6.42 Å². The number of carbonyl (C=O) groups is 3. The van der Waals surface area contributed by atoms with Crippen molar-refractivity contribution in [3.05, 3.63) is 0 Å². The first-order valence-corrected chi connectivity index (χ1v) is 13.7. The van der Waals surface area contributed by atoms with Crippen LogP contribution in [-0.2, 0) is 23.9 Å². The standard InChI is InChI=1S/C28H53N3O9/c1-16(34)29-18-20(36)19(35)17(12-32)39-21(18)40-28(10,11)13-24(2,3)22(37)30-26(6,7)14-27(8,9)31-23(38)25(4,5)15-33/h17-21,32-33,35-36H,12-15H2,1-11H3,(H,29,34)(H,30,37)(H,31,38). The molecule has 0 aromatic carbocycles. The van der Waals surface area contributed by atoms with Crippen LogP contribution in [0.5, 0.6) is 0 Å². The van der Waals surface area contributed by atoms with Crippen molar-refractivity contribution in [3.63, 3.8) is 0 Å². The van der Waals surface area contributed by atoms with Gasteiger partial charge in [-0.05, 0) is 68.2 Å². The van der Waals surface area contributed by atoms with Gasteiger partial charge in [0.2, 0.25) is 17.7 Å². The van der Waals surface area contributed by atoms with Gasteiger partial charge < -0.3 is 45.9 Å². The Morgan fingerprint density at radius 2 is 1.25 bits per heavy atom. The normalized spacial score (nSPS) is 24.8. The van der Waals surface area contributed by atoms with E-state index in [4.69, 9.17) is 9.47 Å². The predicted octanol–water partition coefficient (Wildman–Crippen LogP) is 0.340. The summed E-state index contributed by atoms with van der Waals surface area (Å²) in [7, 11) is 0. The van der Waals surface area contributed by atoms with Gasteiger partial charge in [-0.1, -0.05) is 13.8 Å². The molecule has 0 aromatic heterocycles. The van der Waals surface area contributed by atoms with Crippen LogP contribution in [0.3, 0.4) is 0 Å². The highest BCUT2D eigenvalue weighted by Gasteiger charge is 2.48. The summed E-state index contributed by atoms with van der Waals surface area (Å²) in [4.78, 5) is 37.8. The first-order valence-electron chi connectivity index (χ1n) is 13.7.